The molecule has 2 nitrogen and oxygen atoms in total. The molecule has 2 rings (SSSR count). The molecule has 0 heterocycles. The first-order chi connectivity index (χ1) is 9.08. The van der Waals surface area contributed by atoms with Crippen LogP contribution in [0.2, 0.25) is 5.02 Å². The molecule has 0 aromatic heterocycles. The van der Waals surface area contributed by atoms with Crippen molar-refractivity contribution in [1.29, 1.82) is 0 Å². The van der Waals surface area contributed by atoms with E-state index >= 15 is 0 Å². The second-order valence-electron chi connectivity index (χ2n) is 4.09. The van der Waals surface area contributed by atoms with Gasteiger partial charge in [-0.25, -0.2) is 4.39 Å². The molecule has 0 fully saturated rings. The number of para-hydroxylation sites is 1. The molecule has 2 aromatic carbocycles. The van der Waals surface area contributed by atoms with Crippen LogP contribution in [0.5, 0.6) is 5.75 Å². The molecule has 0 atom stereocenters. The van der Waals surface area contributed by atoms with E-state index in [4.69, 9.17) is 16.3 Å². The number of carbonyl (C=O) groups excluding carboxylic acids is 1. The number of hydrogen-bond acceptors (Lipinski definition) is 2. The normalized spacial score (nSPS) is 10.3. The molecule has 0 saturated carbocycles. The summed E-state index contributed by atoms with van der Waals surface area (Å²) < 4.78 is 19.1. The third kappa shape index (κ3) is 3.32. The Hall–Kier alpha value is -1.87. The number of rotatable bonds is 4. The highest BCUT2D eigenvalue weighted by molar-refractivity contribution is 6.30. The van der Waals surface area contributed by atoms with Crippen molar-refractivity contribution >= 4 is 17.4 Å². The molecule has 0 amide bonds. The van der Waals surface area contributed by atoms with E-state index in [0.29, 0.717) is 5.02 Å². The summed E-state index contributed by atoms with van der Waals surface area (Å²) in [5.41, 5.74) is 1.05. The molecule has 19 heavy (non-hydrogen) atoms. The van der Waals surface area contributed by atoms with Crippen molar-refractivity contribution in [3.63, 3.8) is 0 Å². The van der Waals surface area contributed by atoms with Gasteiger partial charge in [-0.3, -0.25) is 4.79 Å². The molecular formula is C15H12ClFO2. The Kier molecular flexibility index (Phi) is 4.17. The summed E-state index contributed by atoms with van der Waals surface area (Å²) in [6, 6.07) is 11.4. The maximum atomic E-state index is 13.7. The Morgan fingerprint density at radius 3 is 2.68 bits per heavy atom. The van der Waals surface area contributed by atoms with Crippen LogP contribution in [-0.2, 0) is 6.61 Å². The molecule has 98 valence electrons. The number of benzene rings is 2. The summed E-state index contributed by atoms with van der Waals surface area (Å²) in [4.78, 5) is 11.4. The summed E-state index contributed by atoms with van der Waals surface area (Å²) in [6.07, 6.45) is 0. The van der Waals surface area contributed by atoms with Crippen molar-refractivity contribution in [2.75, 3.05) is 0 Å². The lowest BCUT2D eigenvalue weighted by molar-refractivity contribution is 0.101. The quantitative estimate of drug-likeness (QED) is 0.781. The van der Waals surface area contributed by atoms with Gasteiger partial charge in [0.2, 0.25) is 0 Å². The highest BCUT2D eigenvalue weighted by Gasteiger charge is 2.13. The highest BCUT2D eigenvalue weighted by Crippen LogP contribution is 2.24. The van der Waals surface area contributed by atoms with Gasteiger partial charge in [0.15, 0.2) is 17.3 Å². The number of Topliss-reactive ketones (excluding diaryl/α,β-unsaturated/α-hetero) is 1. The molecule has 4 heteroatoms. The average Bonchev–Trinajstić information content (AvgIpc) is 2.37. The number of carbonyl (C=O) groups is 1. The zero-order valence-corrected chi connectivity index (χ0v) is 11.1. The van der Waals surface area contributed by atoms with E-state index in [0.717, 1.165) is 5.56 Å². The maximum Gasteiger partial charge on any atom is 0.166 e. The van der Waals surface area contributed by atoms with Crippen molar-refractivity contribution in [2.45, 2.75) is 13.5 Å². The van der Waals surface area contributed by atoms with Gasteiger partial charge in [0.1, 0.15) is 6.61 Å². The van der Waals surface area contributed by atoms with Gasteiger partial charge in [-0.2, -0.15) is 0 Å². The molecule has 0 aliphatic carbocycles. The third-order valence-electron chi connectivity index (χ3n) is 2.62. The molecule has 0 spiro atoms. The topological polar surface area (TPSA) is 26.3 Å². The molecule has 0 aliphatic rings. The highest BCUT2D eigenvalue weighted by atomic mass is 35.5. The van der Waals surface area contributed by atoms with E-state index in [2.05, 4.69) is 0 Å². The first kappa shape index (κ1) is 13.6. The molecule has 0 unspecified atom stereocenters. The molecule has 0 N–H and O–H groups in total. The second-order valence-corrected chi connectivity index (χ2v) is 4.53. The van der Waals surface area contributed by atoms with Crippen LogP contribution in [-0.4, -0.2) is 5.78 Å². The lowest BCUT2D eigenvalue weighted by Gasteiger charge is -2.10. The SMILES string of the molecule is CC(=O)c1cccc(F)c1OCc1cccc(Cl)c1. The maximum absolute atomic E-state index is 13.7. The lowest BCUT2D eigenvalue weighted by Crippen LogP contribution is -2.03. The molecule has 2 aromatic rings. The van der Waals surface area contributed by atoms with Gasteiger partial charge in [-0.15, -0.1) is 0 Å². The molecular weight excluding hydrogens is 267 g/mol. The van der Waals surface area contributed by atoms with Gasteiger partial charge >= 0.3 is 0 Å². The zero-order chi connectivity index (χ0) is 13.8. The van der Waals surface area contributed by atoms with Crippen LogP contribution in [0.3, 0.4) is 0 Å². The van der Waals surface area contributed by atoms with Crippen LogP contribution < -0.4 is 4.74 Å². The van der Waals surface area contributed by atoms with Crippen LogP contribution in [0.4, 0.5) is 4.39 Å². The minimum atomic E-state index is -0.547. The van der Waals surface area contributed by atoms with Crippen LogP contribution in [0, 0.1) is 5.82 Å². The summed E-state index contributed by atoms with van der Waals surface area (Å²) >= 11 is 5.86. The standard InChI is InChI=1S/C15H12ClFO2/c1-10(18)13-6-3-7-14(17)15(13)19-9-11-4-2-5-12(16)8-11/h2-8H,9H2,1H3. The van der Waals surface area contributed by atoms with E-state index < -0.39 is 5.82 Å². The van der Waals surface area contributed by atoms with Gasteiger partial charge in [-0.1, -0.05) is 29.8 Å². The van der Waals surface area contributed by atoms with Crippen molar-refractivity contribution in [2.24, 2.45) is 0 Å². The Balaban J connectivity index is 2.22. The third-order valence-corrected chi connectivity index (χ3v) is 2.85. The number of ether oxygens (including phenoxy) is 1. The fraction of sp³-hybridized carbons (Fsp3) is 0.133. The minimum absolute atomic E-state index is 0.0185. The Bertz CT molecular complexity index is 611. The first-order valence-corrected chi connectivity index (χ1v) is 6.12. The minimum Gasteiger partial charge on any atom is -0.485 e. The van der Waals surface area contributed by atoms with E-state index in [9.17, 15) is 9.18 Å². The fourth-order valence-corrected chi connectivity index (χ4v) is 1.93. The number of halogens is 2. The zero-order valence-electron chi connectivity index (χ0n) is 10.3. The molecule has 0 radical (unpaired) electrons. The Morgan fingerprint density at radius 1 is 1.26 bits per heavy atom. The fourth-order valence-electron chi connectivity index (χ4n) is 1.72. The molecule has 0 saturated heterocycles. The summed E-state index contributed by atoms with van der Waals surface area (Å²) in [6.45, 7) is 1.53. The van der Waals surface area contributed by atoms with E-state index in [1.807, 2.05) is 6.07 Å². The van der Waals surface area contributed by atoms with Gasteiger partial charge < -0.3 is 4.74 Å². The number of ketones is 1. The number of hydrogen-bond donors (Lipinski definition) is 0. The first-order valence-electron chi connectivity index (χ1n) is 5.74. The average molecular weight is 279 g/mol. The van der Waals surface area contributed by atoms with E-state index in [1.165, 1.54) is 19.1 Å². The summed E-state index contributed by atoms with van der Waals surface area (Å²) in [5, 5.41) is 0.585. The lowest BCUT2D eigenvalue weighted by atomic mass is 10.1. The van der Waals surface area contributed by atoms with Crippen LogP contribution in [0.25, 0.3) is 0 Å². The predicted octanol–water partition coefficient (Wildman–Crippen LogP) is 4.26. The van der Waals surface area contributed by atoms with Crippen LogP contribution in [0.1, 0.15) is 22.8 Å². The monoisotopic (exact) mass is 278 g/mol. The van der Waals surface area contributed by atoms with Gasteiger partial charge in [0, 0.05) is 5.02 Å². The summed E-state index contributed by atoms with van der Waals surface area (Å²) in [7, 11) is 0. The van der Waals surface area contributed by atoms with Gasteiger partial charge in [-0.05, 0) is 36.8 Å². The van der Waals surface area contributed by atoms with Crippen molar-refractivity contribution < 1.29 is 13.9 Å². The van der Waals surface area contributed by atoms with Crippen LogP contribution in [0.15, 0.2) is 42.5 Å². The second kappa shape index (κ2) is 5.85. The van der Waals surface area contributed by atoms with Gasteiger partial charge in [0.25, 0.3) is 0 Å². The molecule has 0 aliphatic heterocycles. The van der Waals surface area contributed by atoms with E-state index in [1.54, 1.807) is 24.3 Å². The van der Waals surface area contributed by atoms with Crippen LogP contribution >= 0.6 is 11.6 Å². The smallest absolute Gasteiger partial charge is 0.166 e. The Morgan fingerprint density at radius 2 is 2.00 bits per heavy atom. The Labute approximate surface area is 115 Å². The summed E-state index contributed by atoms with van der Waals surface area (Å²) in [5.74, 6) is -0.801. The van der Waals surface area contributed by atoms with E-state index in [-0.39, 0.29) is 23.7 Å². The van der Waals surface area contributed by atoms with Crippen molar-refractivity contribution in [3.8, 4) is 5.75 Å². The van der Waals surface area contributed by atoms with Gasteiger partial charge in [0.05, 0.1) is 5.56 Å². The molecule has 0 bridgehead atoms. The predicted molar refractivity (Wildman–Crippen MR) is 72.2 cm³/mol. The van der Waals surface area contributed by atoms with Crippen molar-refractivity contribution in [1.82, 2.24) is 0 Å². The largest absolute Gasteiger partial charge is 0.485 e. The van der Waals surface area contributed by atoms with Crippen molar-refractivity contribution in [3.05, 3.63) is 64.4 Å².